The van der Waals surface area contributed by atoms with E-state index in [4.69, 9.17) is 4.42 Å². The summed E-state index contributed by atoms with van der Waals surface area (Å²) in [6.45, 7) is 9.77. The maximum atomic E-state index is 7.11. The van der Waals surface area contributed by atoms with Gasteiger partial charge in [0.1, 0.15) is 11.3 Å². The molecule has 2 heterocycles. The second-order valence-electron chi connectivity index (χ2n) is 16.1. The predicted molar refractivity (Wildman–Crippen MR) is 225 cm³/mol. The number of hydrogen-bond donors (Lipinski definition) is 0. The van der Waals surface area contributed by atoms with Crippen LogP contribution < -0.4 is 4.90 Å². The average molecular weight is 696 g/mol. The minimum absolute atomic E-state index is 0.112. The van der Waals surface area contributed by atoms with Gasteiger partial charge < -0.3 is 9.32 Å². The van der Waals surface area contributed by atoms with Crippen molar-refractivity contribution in [1.29, 1.82) is 0 Å². The molecule has 1 aliphatic heterocycles. The van der Waals surface area contributed by atoms with Gasteiger partial charge in [0.05, 0.1) is 11.0 Å². The second-order valence-corrected chi connectivity index (χ2v) is 16.1. The van der Waals surface area contributed by atoms with Gasteiger partial charge in [-0.3, -0.25) is 0 Å². The molecule has 2 heteroatoms. The molecule has 0 saturated carbocycles. The van der Waals surface area contributed by atoms with E-state index < -0.39 is 11.0 Å². The van der Waals surface area contributed by atoms with Crippen LogP contribution >= 0.6 is 0 Å². The molecule has 0 amide bonds. The highest BCUT2D eigenvalue weighted by Gasteiger charge is 2.61. The lowest BCUT2D eigenvalue weighted by Crippen LogP contribution is -2.59. The molecule has 0 saturated heterocycles. The number of benzene rings is 7. The van der Waals surface area contributed by atoms with Crippen LogP contribution in [0.3, 0.4) is 0 Å². The molecule has 11 rings (SSSR count). The molecule has 2 nitrogen and oxygen atoms in total. The molecule has 0 fully saturated rings. The zero-order valence-corrected chi connectivity index (χ0v) is 31.1. The highest BCUT2D eigenvalue weighted by atomic mass is 16.3. The summed E-state index contributed by atoms with van der Waals surface area (Å²) in [7, 11) is 0. The first-order valence-corrected chi connectivity index (χ1v) is 19.3. The molecule has 0 radical (unpaired) electrons. The van der Waals surface area contributed by atoms with E-state index in [1.807, 2.05) is 0 Å². The van der Waals surface area contributed by atoms with Crippen LogP contribution in [0.15, 0.2) is 185 Å². The number of para-hydroxylation sites is 2. The van der Waals surface area contributed by atoms with Crippen molar-refractivity contribution in [3.63, 3.8) is 0 Å². The topological polar surface area (TPSA) is 16.4 Å². The highest BCUT2D eigenvalue weighted by Crippen LogP contribution is 2.67. The lowest BCUT2D eigenvalue weighted by Gasteiger charge is -2.60. The summed E-state index contributed by atoms with van der Waals surface area (Å²) in [5.41, 5.74) is 11.3. The number of rotatable bonds is 3. The van der Waals surface area contributed by atoms with Gasteiger partial charge in [0.2, 0.25) is 0 Å². The summed E-state index contributed by atoms with van der Waals surface area (Å²) in [5.74, 6) is 1.19. The normalized spacial score (nSPS) is 24.1. The van der Waals surface area contributed by atoms with Gasteiger partial charge >= 0.3 is 0 Å². The van der Waals surface area contributed by atoms with E-state index in [1.165, 1.54) is 77.3 Å². The first kappa shape index (κ1) is 31.4. The van der Waals surface area contributed by atoms with E-state index in [0.29, 0.717) is 0 Å². The molecule has 1 aromatic heterocycles. The molecule has 4 atom stereocenters. The van der Waals surface area contributed by atoms with Crippen LogP contribution in [0, 0.1) is 0 Å². The maximum Gasteiger partial charge on any atom is 0.134 e. The van der Waals surface area contributed by atoms with Crippen molar-refractivity contribution in [2.24, 2.45) is 0 Å². The number of allylic oxidation sites excluding steroid dienone is 2. The fourth-order valence-corrected chi connectivity index (χ4v) is 11.0. The standard InChI is InChI=1S/C52H41NO/c1-33-46-41-21-9-12-26-45(41)54-49(46)52(4)43-23-10-11-25-44(43)53(37-29-27-36(28-30-37)39-22-13-17-34-15-5-7-19-38(34)39)51(3)32-31-50(2,47(33)48(51)52)42-24-14-18-35-16-6-8-20-40(35)42/h5-33H,1-4H3. The van der Waals surface area contributed by atoms with Crippen LogP contribution in [0.1, 0.15) is 56.1 Å². The molecule has 0 bridgehead atoms. The zero-order chi connectivity index (χ0) is 36.4. The third kappa shape index (κ3) is 3.95. The second kappa shape index (κ2) is 11.0. The fraction of sp³-hybridized carbons (Fsp3) is 0.154. The van der Waals surface area contributed by atoms with Crippen LogP contribution in [0.2, 0.25) is 0 Å². The van der Waals surface area contributed by atoms with Crippen molar-refractivity contribution < 1.29 is 4.42 Å². The van der Waals surface area contributed by atoms with Crippen molar-refractivity contribution in [3.05, 3.63) is 203 Å². The maximum absolute atomic E-state index is 7.11. The Labute approximate surface area is 316 Å². The number of nitrogens with zero attached hydrogens (tertiary/aromatic N) is 1. The van der Waals surface area contributed by atoms with Crippen LogP contribution in [-0.2, 0) is 10.8 Å². The van der Waals surface area contributed by atoms with E-state index in [2.05, 4.69) is 202 Å². The number of furan rings is 1. The SMILES string of the molecule is CC1C2=C3C(C)(c4ccccc4N(c4ccc(-c5cccc6ccccc56)cc4)C3(C)C=CC2(C)c2cccc3ccccc23)c2oc3ccccc3c21. The largest absolute Gasteiger partial charge is 0.459 e. The Balaban J connectivity index is 1.20. The Morgan fingerprint density at radius 1 is 0.556 bits per heavy atom. The van der Waals surface area contributed by atoms with Gasteiger partial charge in [0, 0.05) is 33.7 Å². The third-order valence-electron chi connectivity index (χ3n) is 13.3. The Kier molecular flexibility index (Phi) is 6.38. The minimum atomic E-state index is -0.516. The fourth-order valence-electron chi connectivity index (χ4n) is 11.0. The van der Waals surface area contributed by atoms with Crippen molar-refractivity contribution in [2.45, 2.75) is 50.0 Å². The predicted octanol–water partition coefficient (Wildman–Crippen LogP) is 13.6. The lowest BCUT2D eigenvalue weighted by molar-refractivity contribution is 0.375. The minimum Gasteiger partial charge on any atom is -0.459 e. The van der Waals surface area contributed by atoms with Gasteiger partial charge in [-0.15, -0.1) is 0 Å². The first-order valence-electron chi connectivity index (χ1n) is 19.3. The summed E-state index contributed by atoms with van der Waals surface area (Å²) in [6.07, 6.45) is 5.05. The van der Waals surface area contributed by atoms with Crippen molar-refractivity contribution in [3.8, 4) is 11.1 Å². The summed E-state index contributed by atoms with van der Waals surface area (Å²) < 4.78 is 7.11. The number of anilines is 2. The van der Waals surface area contributed by atoms with E-state index in [-0.39, 0.29) is 11.3 Å². The summed E-state index contributed by atoms with van der Waals surface area (Å²) >= 11 is 0. The molecular weight excluding hydrogens is 655 g/mol. The molecule has 3 aliphatic rings. The molecule has 7 aromatic carbocycles. The van der Waals surface area contributed by atoms with Gasteiger partial charge in [-0.05, 0) is 100.0 Å². The Hall–Kier alpha value is -6.12. The van der Waals surface area contributed by atoms with Gasteiger partial charge in [0.15, 0.2) is 0 Å². The molecular formula is C52H41NO. The molecule has 54 heavy (non-hydrogen) atoms. The van der Waals surface area contributed by atoms with E-state index >= 15 is 0 Å². The first-order chi connectivity index (χ1) is 26.3. The van der Waals surface area contributed by atoms with E-state index in [0.717, 1.165) is 11.3 Å². The molecule has 8 aromatic rings. The Morgan fingerprint density at radius 3 is 1.96 bits per heavy atom. The Morgan fingerprint density at radius 2 is 1.17 bits per heavy atom. The zero-order valence-electron chi connectivity index (χ0n) is 31.1. The summed E-state index contributed by atoms with van der Waals surface area (Å²) in [4.78, 5) is 2.60. The molecule has 2 aliphatic carbocycles. The highest BCUT2D eigenvalue weighted by molar-refractivity contribution is 5.97. The monoisotopic (exact) mass is 695 g/mol. The van der Waals surface area contributed by atoms with E-state index in [1.54, 1.807) is 0 Å². The van der Waals surface area contributed by atoms with Crippen molar-refractivity contribution in [1.82, 2.24) is 0 Å². The molecule has 0 spiro atoms. The van der Waals surface area contributed by atoms with Crippen molar-refractivity contribution >= 4 is 43.9 Å². The smallest absolute Gasteiger partial charge is 0.134 e. The summed E-state index contributed by atoms with van der Waals surface area (Å²) in [6, 6.07) is 58.0. The van der Waals surface area contributed by atoms with Crippen LogP contribution in [0.4, 0.5) is 11.4 Å². The van der Waals surface area contributed by atoms with E-state index in [9.17, 15) is 0 Å². The van der Waals surface area contributed by atoms with Gasteiger partial charge in [0.25, 0.3) is 0 Å². The summed E-state index contributed by atoms with van der Waals surface area (Å²) in [5, 5.41) is 6.32. The van der Waals surface area contributed by atoms with Crippen molar-refractivity contribution in [2.75, 3.05) is 4.90 Å². The van der Waals surface area contributed by atoms with Gasteiger partial charge in [-0.2, -0.15) is 0 Å². The number of fused-ring (bicyclic) bond motifs is 8. The molecule has 0 N–H and O–H groups in total. The van der Waals surface area contributed by atoms with Crippen LogP contribution in [0.25, 0.3) is 43.6 Å². The average Bonchev–Trinajstić information content (AvgIpc) is 3.62. The van der Waals surface area contributed by atoms with Crippen LogP contribution in [0.5, 0.6) is 0 Å². The molecule has 260 valence electrons. The lowest BCUT2D eigenvalue weighted by atomic mass is 9.50. The van der Waals surface area contributed by atoms with Gasteiger partial charge in [-0.25, -0.2) is 0 Å². The number of hydrogen-bond acceptors (Lipinski definition) is 2. The Bertz CT molecular complexity index is 2900. The third-order valence-corrected chi connectivity index (χ3v) is 13.3. The van der Waals surface area contributed by atoms with Crippen LogP contribution in [-0.4, -0.2) is 5.54 Å². The quantitative estimate of drug-likeness (QED) is 0.171. The molecule has 4 unspecified atom stereocenters. The van der Waals surface area contributed by atoms with Gasteiger partial charge in [-0.1, -0.05) is 153 Å².